The van der Waals surface area contributed by atoms with Crippen molar-refractivity contribution in [2.75, 3.05) is 0 Å². The van der Waals surface area contributed by atoms with Crippen LogP contribution in [0.4, 0.5) is 0 Å². The normalized spacial score (nSPS) is 14.0. The van der Waals surface area contributed by atoms with E-state index < -0.39 is 0 Å². The number of nitrogens with one attached hydrogen (secondary N) is 1. The number of hydrogen-bond acceptors (Lipinski definition) is 0. The lowest BCUT2D eigenvalue weighted by Crippen LogP contribution is -2.06. The molecule has 29 heavy (non-hydrogen) atoms. The first kappa shape index (κ1) is 21.5. The Balaban J connectivity index is 1.82. The first-order valence-corrected chi connectivity index (χ1v) is 11.0. The van der Waals surface area contributed by atoms with Gasteiger partial charge >= 0.3 is 0 Å². The highest BCUT2D eigenvalue weighted by molar-refractivity contribution is 5.37. The van der Waals surface area contributed by atoms with Gasteiger partial charge in [0, 0.05) is 49.3 Å². The van der Waals surface area contributed by atoms with Gasteiger partial charge in [-0.2, -0.15) is 0 Å². The number of rotatable bonds is 7. The van der Waals surface area contributed by atoms with Crippen LogP contribution in [-0.2, 0) is 26.9 Å². The summed E-state index contributed by atoms with van der Waals surface area (Å²) in [5, 5.41) is 0. The molecule has 0 fully saturated rings. The Labute approximate surface area is 177 Å². The van der Waals surface area contributed by atoms with E-state index in [-0.39, 0.29) is 0 Å². The SMILES string of the molecule is Cc1cc(C(C)Cc2cc(C(C)Cc3c(C)c(C(C)C)cn3C)c(C)n2C)c[nH]1. The van der Waals surface area contributed by atoms with Gasteiger partial charge in [-0.15, -0.1) is 0 Å². The van der Waals surface area contributed by atoms with E-state index in [0.717, 1.165) is 12.8 Å². The fourth-order valence-corrected chi connectivity index (χ4v) is 4.82. The zero-order valence-electron chi connectivity index (χ0n) is 19.9. The minimum atomic E-state index is 0.507. The van der Waals surface area contributed by atoms with Crippen LogP contribution in [0.25, 0.3) is 0 Å². The predicted molar refractivity (Wildman–Crippen MR) is 124 cm³/mol. The second-order valence-electron chi connectivity index (χ2n) is 9.48. The summed E-state index contributed by atoms with van der Waals surface area (Å²) in [6, 6.07) is 4.73. The number of H-pyrrole nitrogens is 1. The Bertz CT molecular complexity index is 980. The van der Waals surface area contributed by atoms with Gasteiger partial charge in [0.05, 0.1) is 0 Å². The van der Waals surface area contributed by atoms with Crippen molar-refractivity contribution in [3.05, 3.63) is 69.6 Å². The van der Waals surface area contributed by atoms with Crippen molar-refractivity contribution >= 4 is 0 Å². The Hall–Kier alpha value is -2.16. The van der Waals surface area contributed by atoms with Crippen molar-refractivity contribution in [2.45, 2.75) is 79.1 Å². The van der Waals surface area contributed by atoms with E-state index in [9.17, 15) is 0 Å². The molecule has 0 aliphatic heterocycles. The van der Waals surface area contributed by atoms with Gasteiger partial charge in [0.25, 0.3) is 0 Å². The Morgan fingerprint density at radius 3 is 2.14 bits per heavy atom. The molecule has 0 aromatic carbocycles. The predicted octanol–water partition coefficient (Wildman–Crippen LogP) is 6.43. The molecule has 3 aromatic rings. The van der Waals surface area contributed by atoms with E-state index in [1.54, 1.807) is 0 Å². The van der Waals surface area contributed by atoms with Gasteiger partial charge in [0.1, 0.15) is 0 Å². The maximum Gasteiger partial charge on any atom is 0.0210 e. The third kappa shape index (κ3) is 4.24. The number of aromatic amines is 1. The molecule has 0 saturated heterocycles. The van der Waals surface area contributed by atoms with Crippen LogP contribution >= 0.6 is 0 Å². The van der Waals surface area contributed by atoms with Crippen molar-refractivity contribution in [3.63, 3.8) is 0 Å². The molecule has 0 aliphatic carbocycles. The fraction of sp³-hybridized carbons (Fsp3) is 0.538. The average Bonchev–Trinajstić information content (AvgIpc) is 3.29. The lowest BCUT2D eigenvalue weighted by atomic mass is 9.92. The van der Waals surface area contributed by atoms with Crippen molar-refractivity contribution in [2.24, 2.45) is 14.1 Å². The molecule has 3 heteroatoms. The Kier molecular flexibility index (Phi) is 6.16. The highest BCUT2D eigenvalue weighted by Crippen LogP contribution is 2.32. The lowest BCUT2D eigenvalue weighted by molar-refractivity contribution is 0.684. The summed E-state index contributed by atoms with van der Waals surface area (Å²) in [7, 11) is 4.42. The van der Waals surface area contributed by atoms with Crippen LogP contribution in [0.1, 0.15) is 90.5 Å². The van der Waals surface area contributed by atoms with E-state index in [1.165, 1.54) is 45.0 Å². The van der Waals surface area contributed by atoms with Gasteiger partial charge in [0.2, 0.25) is 0 Å². The monoisotopic (exact) mass is 393 g/mol. The molecule has 0 amide bonds. The van der Waals surface area contributed by atoms with Gasteiger partial charge in [-0.05, 0) is 85.8 Å². The number of aryl methyl sites for hydroxylation is 2. The maximum atomic E-state index is 3.32. The van der Waals surface area contributed by atoms with Crippen LogP contribution in [0.3, 0.4) is 0 Å². The van der Waals surface area contributed by atoms with Gasteiger partial charge in [-0.1, -0.05) is 27.7 Å². The van der Waals surface area contributed by atoms with Crippen molar-refractivity contribution in [1.29, 1.82) is 0 Å². The maximum absolute atomic E-state index is 3.32. The summed E-state index contributed by atoms with van der Waals surface area (Å²) in [5.41, 5.74) is 11.4. The summed E-state index contributed by atoms with van der Waals surface area (Å²) in [6.07, 6.45) is 6.64. The van der Waals surface area contributed by atoms with Crippen molar-refractivity contribution in [1.82, 2.24) is 14.1 Å². The molecule has 0 aliphatic rings. The van der Waals surface area contributed by atoms with E-state index in [0.29, 0.717) is 17.8 Å². The first-order valence-electron chi connectivity index (χ1n) is 11.0. The second kappa shape index (κ2) is 8.30. The number of hydrogen-bond donors (Lipinski definition) is 1. The van der Waals surface area contributed by atoms with Crippen LogP contribution in [0, 0.1) is 20.8 Å². The van der Waals surface area contributed by atoms with Gasteiger partial charge in [-0.25, -0.2) is 0 Å². The lowest BCUT2D eigenvalue weighted by Gasteiger charge is -2.14. The second-order valence-corrected chi connectivity index (χ2v) is 9.48. The zero-order valence-corrected chi connectivity index (χ0v) is 19.9. The molecule has 3 nitrogen and oxygen atoms in total. The summed E-state index contributed by atoms with van der Waals surface area (Å²) < 4.78 is 4.75. The Morgan fingerprint density at radius 1 is 0.897 bits per heavy atom. The topological polar surface area (TPSA) is 25.6 Å². The van der Waals surface area contributed by atoms with Crippen molar-refractivity contribution in [3.8, 4) is 0 Å². The molecule has 0 saturated carbocycles. The highest BCUT2D eigenvalue weighted by Gasteiger charge is 2.20. The van der Waals surface area contributed by atoms with Gasteiger partial charge in [0.15, 0.2) is 0 Å². The smallest absolute Gasteiger partial charge is 0.0210 e. The molecule has 2 unspecified atom stereocenters. The molecule has 3 heterocycles. The largest absolute Gasteiger partial charge is 0.365 e. The molecule has 0 spiro atoms. The Morgan fingerprint density at radius 2 is 1.59 bits per heavy atom. The minimum Gasteiger partial charge on any atom is -0.365 e. The van der Waals surface area contributed by atoms with Crippen LogP contribution in [0.2, 0.25) is 0 Å². The van der Waals surface area contributed by atoms with Crippen LogP contribution < -0.4 is 0 Å². The number of nitrogens with zero attached hydrogens (tertiary/aromatic N) is 2. The molecule has 0 radical (unpaired) electrons. The van der Waals surface area contributed by atoms with E-state index in [4.69, 9.17) is 0 Å². The molecule has 3 aromatic heterocycles. The van der Waals surface area contributed by atoms with E-state index in [1.807, 2.05) is 0 Å². The van der Waals surface area contributed by atoms with Crippen LogP contribution in [0.5, 0.6) is 0 Å². The zero-order chi connectivity index (χ0) is 21.5. The molecule has 1 N–H and O–H groups in total. The van der Waals surface area contributed by atoms with Gasteiger partial charge < -0.3 is 14.1 Å². The molecular formula is C26H39N3. The summed E-state index contributed by atoms with van der Waals surface area (Å²) in [5.74, 6) is 1.60. The van der Waals surface area contributed by atoms with Crippen molar-refractivity contribution < 1.29 is 0 Å². The molecule has 0 bridgehead atoms. The third-order valence-corrected chi connectivity index (χ3v) is 6.88. The first-order chi connectivity index (χ1) is 13.6. The summed E-state index contributed by atoms with van der Waals surface area (Å²) in [4.78, 5) is 3.32. The summed E-state index contributed by atoms with van der Waals surface area (Å²) in [6.45, 7) is 16.0. The van der Waals surface area contributed by atoms with Crippen LogP contribution in [-0.4, -0.2) is 14.1 Å². The average molecular weight is 394 g/mol. The van der Waals surface area contributed by atoms with Crippen LogP contribution in [0.15, 0.2) is 24.5 Å². The number of aromatic nitrogens is 3. The molecule has 3 rings (SSSR count). The highest BCUT2D eigenvalue weighted by atomic mass is 15.0. The van der Waals surface area contributed by atoms with Gasteiger partial charge in [-0.3, -0.25) is 0 Å². The minimum absolute atomic E-state index is 0.507. The summed E-state index contributed by atoms with van der Waals surface area (Å²) >= 11 is 0. The molecule has 158 valence electrons. The standard InChI is InChI=1S/C26H39N3/c1-16(2)25-15-28(8)26(20(25)6)11-18(4)24-13-23(29(9)21(24)7)10-17(3)22-12-19(5)27-14-22/h12-18,27H,10-11H2,1-9H3. The fourth-order valence-electron chi connectivity index (χ4n) is 4.82. The molecular weight excluding hydrogens is 354 g/mol. The third-order valence-electron chi connectivity index (χ3n) is 6.88. The molecule has 2 atom stereocenters. The quantitative estimate of drug-likeness (QED) is 0.478. The van der Waals surface area contributed by atoms with E-state index in [2.05, 4.69) is 101 Å². The van der Waals surface area contributed by atoms with E-state index >= 15 is 0 Å².